The summed E-state index contributed by atoms with van der Waals surface area (Å²) in [6.45, 7) is 0.391. The number of carbonyl (C=O) groups is 2. The largest absolute Gasteiger partial charge is 0.497 e. The van der Waals surface area contributed by atoms with Crippen LogP contribution in [0.3, 0.4) is 0 Å². The van der Waals surface area contributed by atoms with E-state index in [1.807, 2.05) is 60.7 Å². The van der Waals surface area contributed by atoms with Gasteiger partial charge in [0.05, 0.1) is 30.4 Å². The van der Waals surface area contributed by atoms with Crippen LogP contribution in [0.4, 0.5) is 11.4 Å². The minimum absolute atomic E-state index is 0.232. The highest BCUT2D eigenvalue weighted by molar-refractivity contribution is 9.10. The highest BCUT2D eigenvalue weighted by atomic mass is 79.9. The minimum Gasteiger partial charge on any atom is -0.497 e. The molecule has 4 aromatic rings. The topological polar surface area (TPSA) is 71.5 Å². The van der Waals surface area contributed by atoms with E-state index in [-0.39, 0.29) is 11.8 Å². The van der Waals surface area contributed by atoms with Gasteiger partial charge in [-0.1, -0.05) is 34.1 Å². The van der Waals surface area contributed by atoms with E-state index in [9.17, 15) is 9.59 Å². The van der Waals surface area contributed by atoms with Crippen LogP contribution in [0, 0.1) is 0 Å². The lowest BCUT2D eigenvalue weighted by atomic mass is 10.1. The molecule has 2 amide bonds. The van der Waals surface area contributed by atoms with Gasteiger partial charge in [0.25, 0.3) is 5.91 Å². The van der Waals surface area contributed by atoms with Gasteiger partial charge in [-0.05, 0) is 60.2 Å². The van der Waals surface area contributed by atoms with Gasteiger partial charge in [0.1, 0.15) is 5.75 Å². The van der Waals surface area contributed by atoms with E-state index in [0.29, 0.717) is 29.1 Å². The third kappa shape index (κ3) is 4.30. The number of nitrogens with zero attached hydrogens (tertiary/aromatic N) is 2. The molecule has 0 atom stereocenters. The van der Waals surface area contributed by atoms with Gasteiger partial charge in [-0.25, -0.2) is 0 Å². The Bertz CT molecular complexity index is 1450. The molecule has 0 bridgehead atoms. The summed E-state index contributed by atoms with van der Waals surface area (Å²) >= 11 is 3.44. The van der Waals surface area contributed by atoms with Gasteiger partial charge in [0.2, 0.25) is 5.91 Å². The lowest BCUT2D eigenvalue weighted by molar-refractivity contribution is -0.114. The van der Waals surface area contributed by atoms with E-state index >= 15 is 0 Å². The van der Waals surface area contributed by atoms with Crippen LogP contribution in [-0.4, -0.2) is 23.9 Å². The number of amides is 2. The number of anilines is 2. The van der Waals surface area contributed by atoms with Crippen LogP contribution in [0.15, 0.2) is 89.5 Å². The van der Waals surface area contributed by atoms with Crippen molar-refractivity contribution in [1.29, 1.82) is 0 Å². The predicted molar refractivity (Wildman–Crippen MR) is 137 cm³/mol. The molecule has 0 saturated carbocycles. The van der Waals surface area contributed by atoms with Crippen molar-refractivity contribution in [3.05, 3.63) is 101 Å². The number of ether oxygens (including phenoxy) is 1. The summed E-state index contributed by atoms with van der Waals surface area (Å²) in [6.07, 6.45) is 3.08. The zero-order valence-corrected chi connectivity index (χ0v) is 19.9. The zero-order chi connectivity index (χ0) is 23.7. The summed E-state index contributed by atoms with van der Waals surface area (Å²) in [6, 6.07) is 22.5. The van der Waals surface area contributed by atoms with E-state index in [1.165, 1.54) is 6.08 Å². The standard InChI is InChI=1S/C27H20BrN3O3/c1-34-21-9-11-25-22(14-21)23(27(33)31(25)16-17-4-6-19(28)7-5-17)15-26(32)30-20-8-10-24-18(13-20)3-2-12-29-24/h2-15H,16H2,1H3,(H,30,32)/b23-15+. The Balaban J connectivity index is 1.46. The van der Waals surface area contributed by atoms with Crippen LogP contribution in [0.5, 0.6) is 5.75 Å². The predicted octanol–water partition coefficient (Wildman–Crippen LogP) is 5.57. The lowest BCUT2D eigenvalue weighted by Crippen LogP contribution is -2.26. The maximum Gasteiger partial charge on any atom is 0.259 e. The van der Waals surface area contributed by atoms with Gasteiger partial charge in [-0.2, -0.15) is 0 Å². The first kappa shape index (κ1) is 21.9. The quantitative estimate of drug-likeness (QED) is 0.354. The van der Waals surface area contributed by atoms with Gasteiger partial charge >= 0.3 is 0 Å². The Morgan fingerprint density at radius 2 is 1.91 bits per heavy atom. The molecule has 0 saturated heterocycles. The number of fused-ring (bicyclic) bond motifs is 2. The molecule has 34 heavy (non-hydrogen) atoms. The molecule has 0 spiro atoms. The van der Waals surface area contributed by atoms with Crippen molar-refractivity contribution in [2.24, 2.45) is 0 Å². The molecule has 0 unspecified atom stereocenters. The lowest BCUT2D eigenvalue weighted by Gasteiger charge is -2.17. The molecular weight excluding hydrogens is 494 g/mol. The van der Waals surface area contributed by atoms with Crippen LogP contribution in [0.2, 0.25) is 0 Å². The smallest absolute Gasteiger partial charge is 0.259 e. The van der Waals surface area contributed by atoms with Crippen molar-refractivity contribution < 1.29 is 14.3 Å². The molecule has 1 aliphatic rings. The molecule has 1 aromatic heterocycles. The van der Waals surface area contributed by atoms with Gasteiger partial charge in [-0.15, -0.1) is 0 Å². The summed E-state index contributed by atoms with van der Waals surface area (Å²) in [5, 5.41) is 3.78. The summed E-state index contributed by atoms with van der Waals surface area (Å²) in [5.74, 6) is 0.000245. The number of pyridine rings is 1. The summed E-state index contributed by atoms with van der Waals surface area (Å²) in [5.41, 5.74) is 4.18. The molecular formula is C27H20BrN3O3. The van der Waals surface area contributed by atoms with E-state index in [0.717, 1.165) is 26.6 Å². The fourth-order valence-electron chi connectivity index (χ4n) is 3.99. The first-order valence-corrected chi connectivity index (χ1v) is 11.4. The Hall–Kier alpha value is -3.97. The molecule has 6 nitrogen and oxygen atoms in total. The Labute approximate surface area is 205 Å². The monoisotopic (exact) mass is 513 g/mol. The van der Waals surface area contributed by atoms with Crippen LogP contribution >= 0.6 is 15.9 Å². The van der Waals surface area contributed by atoms with Crippen LogP contribution in [0.1, 0.15) is 11.1 Å². The highest BCUT2D eigenvalue weighted by Gasteiger charge is 2.33. The molecule has 1 N–H and O–H groups in total. The van der Waals surface area contributed by atoms with E-state index in [2.05, 4.69) is 26.2 Å². The van der Waals surface area contributed by atoms with Gasteiger partial charge in [0.15, 0.2) is 0 Å². The average molecular weight is 514 g/mol. The summed E-state index contributed by atoms with van der Waals surface area (Å²) in [4.78, 5) is 32.3. The number of nitrogens with one attached hydrogen (secondary N) is 1. The van der Waals surface area contributed by atoms with Crippen LogP contribution < -0.4 is 15.0 Å². The van der Waals surface area contributed by atoms with E-state index in [1.54, 1.807) is 30.3 Å². The molecule has 2 heterocycles. The Kier molecular flexibility index (Phi) is 5.86. The third-order valence-corrected chi connectivity index (χ3v) is 6.19. The molecule has 3 aromatic carbocycles. The zero-order valence-electron chi connectivity index (χ0n) is 18.3. The van der Waals surface area contributed by atoms with E-state index < -0.39 is 0 Å². The second-order valence-electron chi connectivity index (χ2n) is 7.86. The van der Waals surface area contributed by atoms with Crippen molar-refractivity contribution in [2.45, 2.75) is 6.54 Å². The van der Waals surface area contributed by atoms with Crippen molar-refractivity contribution >= 4 is 55.6 Å². The van der Waals surface area contributed by atoms with Crippen LogP contribution in [0.25, 0.3) is 16.5 Å². The Morgan fingerprint density at radius 3 is 2.71 bits per heavy atom. The summed E-state index contributed by atoms with van der Waals surface area (Å²) in [7, 11) is 1.57. The molecule has 0 fully saturated rings. The molecule has 7 heteroatoms. The molecule has 1 aliphatic heterocycles. The van der Waals surface area contributed by atoms with E-state index in [4.69, 9.17) is 4.74 Å². The Morgan fingerprint density at radius 1 is 1.09 bits per heavy atom. The number of halogens is 1. The second-order valence-corrected chi connectivity index (χ2v) is 8.77. The molecule has 168 valence electrons. The van der Waals surface area contributed by atoms with Gasteiger partial charge in [-0.3, -0.25) is 14.6 Å². The number of benzene rings is 3. The SMILES string of the molecule is COc1ccc2c(c1)/C(=C\C(=O)Nc1ccc3ncccc3c1)C(=O)N2Cc1ccc(Br)cc1. The number of aromatic nitrogens is 1. The number of rotatable bonds is 5. The van der Waals surface area contributed by atoms with Crippen LogP contribution in [-0.2, 0) is 16.1 Å². The number of carbonyl (C=O) groups excluding carboxylic acids is 2. The average Bonchev–Trinajstić information content (AvgIpc) is 3.10. The number of hydrogen-bond donors (Lipinski definition) is 1. The van der Waals surface area contributed by atoms with Crippen molar-refractivity contribution in [1.82, 2.24) is 4.98 Å². The number of methoxy groups -OCH3 is 1. The first-order chi connectivity index (χ1) is 16.5. The first-order valence-electron chi connectivity index (χ1n) is 10.6. The molecule has 5 rings (SSSR count). The van der Waals surface area contributed by atoms with Gasteiger partial charge in [0, 0.05) is 33.4 Å². The normalized spacial score (nSPS) is 13.9. The second kappa shape index (κ2) is 9.11. The van der Waals surface area contributed by atoms with Gasteiger partial charge < -0.3 is 15.0 Å². The fourth-order valence-corrected chi connectivity index (χ4v) is 4.26. The number of hydrogen-bond acceptors (Lipinski definition) is 4. The van der Waals surface area contributed by atoms with Crippen molar-refractivity contribution in [3.8, 4) is 5.75 Å². The summed E-state index contributed by atoms with van der Waals surface area (Å²) < 4.78 is 6.33. The van der Waals surface area contributed by atoms with Crippen molar-refractivity contribution in [2.75, 3.05) is 17.3 Å². The van der Waals surface area contributed by atoms with Crippen molar-refractivity contribution in [3.63, 3.8) is 0 Å². The maximum atomic E-state index is 13.4. The minimum atomic E-state index is -0.383. The fraction of sp³-hybridized carbons (Fsp3) is 0.0741. The highest BCUT2D eigenvalue weighted by Crippen LogP contribution is 2.40. The molecule has 0 aliphatic carbocycles. The maximum absolute atomic E-state index is 13.4. The third-order valence-electron chi connectivity index (χ3n) is 5.66. The molecule has 0 radical (unpaired) electrons.